The maximum absolute atomic E-state index is 13.1. The second kappa shape index (κ2) is 10.5. The number of anilines is 1. The fourth-order valence-corrected chi connectivity index (χ4v) is 5.07. The summed E-state index contributed by atoms with van der Waals surface area (Å²) >= 11 is 0. The molecule has 3 aromatic carbocycles. The third kappa shape index (κ3) is 7.09. The zero-order chi connectivity index (χ0) is 25.8. The van der Waals surface area contributed by atoms with Crippen molar-refractivity contribution >= 4 is 21.6 Å². The maximum atomic E-state index is 13.1. The van der Waals surface area contributed by atoms with Crippen LogP contribution in [0.4, 0.5) is 5.69 Å². The second-order valence-corrected chi connectivity index (χ2v) is 11.5. The average Bonchev–Trinajstić information content (AvgIpc) is 2.75. The summed E-state index contributed by atoms with van der Waals surface area (Å²) in [5.74, 6) is 0.368. The largest absolute Gasteiger partial charge is 0.492 e. The molecule has 0 aromatic heterocycles. The monoisotopic (exact) mass is 494 g/mol. The number of amides is 1. The van der Waals surface area contributed by atoms with Gasteiger partial charge >= 0.3 is 0 Å². The van der Waals surface area contributed by atoms with E-state index in [-0.39, 0.29) is 28.3 Å². The number of hydrogen-bond donors (Lipinski definition) is 2. The molecule has 35 heavy (non-hydrogen) atoms. The van der Waals surface area contributed by atoms with Crippen molar-refractivity contribution in [2.45, 2.75) is 51.9 Å². The van der Waals surface area contributed by atoms with Gasteiger partial charge in [-0.3, -0.25) is 9.52 Å². The molecule has 186 valence electrons. The van der Waals surface area contributed by atoms with Gasteiger partial charge in [-0.15, -0.1) is 0 Å². The first kappa shape index (κ1) is 26.3. The number of carbonyl (C=O) groups is 1. The lowest BCUT2D eigenvalue weighted by atomic mass is 9.87. The number of ether oxygens (including phenoxy) is 1. The lowest BCUT2D eigenvalue weighted by molar-refractivity contribution is 0.0946. The molecule has 0 spiro atoms. The average molecular weight is 495 g/mol. The number of nitrogens with one attached hydrogen (secondary N) is 2. The Balaban J connectivity index is 1.62. The van der Waals surface area contributed by atoms with Crippen LogP contribution in [0.15, 0.2) is 65.6 Å². The van der Waals surface area contributed by atoms with E-state index in [9.17, 15) is 13.2 Å². The van der Waals surface area contributed by atoms with Crippen molar-refractivity contribution in [1.29, 1.82) is 0 Å². The van der Waals surface area contributed by atoms with Crippen molar-refractivity contribution < 1.29 is 17.9 Å². The Hall–Kier alpha value is -3.32. The van der Waals surface area contributed by atoms with E-state index >= 15 is 0 Å². The molecule has 1 amide bonds. The van der Waals surface area contributed by atoms with Crippen molar-refractivity contribution in [3.8, 4) is 5.75 Å². The number of sulfonamides is 1. The fraction of sp³-hybridized carbons (Fsp3) is 0.321. The minimum absolute atomic E-state index is 0.0690. The second-order valence-electron chi connectivity index (χ2n) is 9.84. The molecule has 2 N–H and O–H groups in total. The van der Waals surface area contributed by atoms with Gasteiger partial charge in [-0.1, -0.05) is 45.0 Å². The quantitative estimate of drug-likeness (QED) is 0.404. The van der Waals surface area contributed by atoms with Gasteiger partial charge in [0.05, 0.1) is 11.4 Å². The summed E-state index contributed by atoms with van der Waals surface area (Å²) in [5.41, 5.74) is 4.52. The normalized spacial score (nSPS) is 11.7. The predicted octanol–water partition coefficient (Wildman–Crippen LogP) is 5.52. The van der Waals surface area contributed by atoms with E-state index in [1.165, 1.54) is 11.6 Å². The Morgan fingerprint density at radius 1 is 0.886 bits per heavy atom. The first-order chi connectivity index (χ1) is 16.3. The van der Waals surface area contributed by atoms with Crippen molar-refractivity contribution in [3.05, 3.63) is 88.5 Å². The smallest absolute Gasteiger partial charge is 0.262 e. The summed E-state index contributed by atoms with van der Waals surface area (Å²) in [6.45, 7) is 12.6. The number of hydrogen-bond acceptors (Lipinski definition) is 4. The maximum Gasteiger partial charge on any atom is 0.262 e. The van der Waals surface area contributed by atoms with E-state index in [4.69, 9.17) is 4.74 Å². The van der Waals surface area contributed by atoms with E-state index in [1.54, 1.807) is 31.2 Å². The Bertz CT molecular complexity index is 1290. The van der Waals surface area contributed by atoms with Crippen LogP contribution in [0.3, 0.4) is 0 Å². The topological polar surface area (TPSA) is 84.5 Å². The lowest BCUT2D eigenvalue weighted by Gasteiger charge is -2.19. The predicted molar refractivity (Wildman–Crippen MR) is 141 cm³/mol. The van der Waals surface area contributed by atoms with Gasteiger partial charge in [-0.05, 0) is 84.8 Å². The van der Waals surface area contributed by atoms with Crippen LogP contribution in [0.2, 0.25) is 0 Å². The molecule has 0 aliphatic rings. The SMILES string of the molecule is Cc1cc(C)cc(NS(=O)(=O)c2cc(C(=O)NCCOc3ccc(C(C)(C)C)cc3)ccc2C)c1. The third-order valence-corrected chi connectivity index (χ3v) is 7.11. The molecule has 0 bridgehead atoms. The standard InChI is InChI=1S/C28H34N2O4S/c1-19-15-20(2)17-24(16-19)30-35(32,33)26-18-22(8-7-21(26)3)27(31)29-13-14-34-25-11-9-23(10-12-25)28(4,5)6/h7-12,15-18,30H,13-14H2,1-6H3,(H,29,31). The van der Waals surface area contributed by atoms with Crippen LogP contribution in [0, 0.1) is 20.8 Å². The number of rotatable bonds is 8. The van der Waals surface area contributed by atoms with Crippen LogP contribution in [0.1, 0.15) is 53.4 Å². The van der Waals surface area contributed by atoms with Crippen molar-refractivity contribution in [2.75, 3.05) is 17.9 Å². The molecule has 0 radical (unpaired) electrons. The first-order valence-corrected chi connectivity index (χ1v) is 13.1. The van der Waals surface area contributed by atoms with Gasteiger partial charge in [-0.2, -0.15) is 0 Å². The van der Waals surface area contributed by atoms with Crippen LogP contribution in [0.5, 0.6) is 5.75 Å². The highest BCUT2D eigenvalue weighted by molar-refractivity contribution is 7.92. The highest BCUT2D eigenvalue weighted by Crippen LogP contribution is 2.25. The minimum Gasteiger partial charge on any atom is -0.492 e. The summed E-state index contributed by atoms with van der Waals surface area (Å²) in [5, 5.41) is 2.79. The van der Waals surface area contributed by atoms with Crippen molar-refractivity contribution in [1.82, 2.24) is 5.32 Å². The number of benzene rings is 3. The van der Waals surface area contributed by atoms with Gasteiger partial charge in [0.15, 0.2) is 0 Å². The van der Waals surface area contributed by atoms with Crippen molar-refractivity contribution in [2.24, 2.45) is 0 Å². The number of aryl methyl sites for hydroxylation is 3. The Labute approximate surface area is 208 Å². The highest BCUT2D eigenvalue weighted by Gasteiger charge is 2.20. The summed E-state index contributed by atoms with van der Waals surface area (Å²) in [7, 11) is -3.86. The lowest BCUT2D eigenvalue weighted by Crippen LogP contribution is -2.28. The minimum atomic E-state index is -3.86. The summed E-state index contributed by atoms with van der Waals surface area (Å²) < 4.78 is 34.5. The van der Waals surface area contributed by atoms with Crippen LogP contribution < -0.4 is 14.8 Å². The molecule has 0 saturated carbocycles. The summed E-state index contributed by atoms with van der Waals surface area (Å²) in [6.07, 6.45) is 0. The van der Waals surface area contributed by atoms with Gasteiger partial charge in [0.25, 0.3) is 15.9 Å². The first-order valence-electron chi connectivity index (χ1n) is 11.6. The van der Waals surface area contributed by atoms with E-state index in [0.717, 1.165) is 16.9 Å². The van der Waals surface area contributed by atoms with Gasteiger partial charge in [0, 0.05) is 11.3 Å². The molecule has 0 unspecified atom stereocenters. The summed E-state index contributed by atoms with van der Waals surface area (Å²) in [6, 6.07) is 18.1. The Morgan fingerprint density at radius 3 is 2.11 bits per heavy atom. The van der Waals surface area contributed by atoms with E-state index < -0.39 is 10.0 Å². The van der Waals surface area contributed by atoms with Gasteiger partial charge in [0.1, 0.15) is 12.4 Å². The molecule has 3 aromatic rings. The zero-order valence-electron chi connectivity index (χ0n) is 21.2. The van der Waals surface area contributed by atoms with Gasteiger partial charge < -0.3 is 10.1 Å². The van der Waals surface area contributed by atoms with Crippen LogP contribution in [-0.4, -0.2) is 27.5 Å². The zero-order valence-corrected chi connectivity index (χ0v) is 22.0. The Morgan fingerprint density at radius 2 is 1.51 bits per heavy atom. The molecular formula is C28H34N2O4S. The molecule has 7 heteroatoms. The van der Waals surface area contributed by atoms with Crippen LogP contribution in [-0.2, 0) is 15.4 Å². The molecule has 0 fully saturated rings. The molecule has 0 atom stereocenters. The van der Waals surface area contributed by atoms with E-state index in [0.29, 0.717) is 17.9 Å². The third-order valence-electron chi connectivity index (χ3n) is 5.59. The number of carbonyl (C=O) groups excluding carboxylic acids is 1. The van der Waals surface area contributed by atoms with E-state index in [2.05, 4.69) is 30.8 Å². The van der Waals surface area contributed by atoms with E-state index in [1.807, 2.05) is 44.2 Å². The van der Waals surface area contributed by atoms with Crippen LogP contribution >= 0.6 is 0 Å². The van der Waals surface area contributed by atoms with Crippen molar-refractivity contribution in [3.63, 3.8) is 0 Å². The molecule has 0 saturated heterocycles. The fourth-order valence-electron chi connectivity index (χ4n) is 3.76. The highest BCUT2D eigenvalue weighted by atomic mass is 32.2. The molecule has 6 nitrogen and oxygen atoms in total. The van der Waals surface area contributed by atoms with Crippen LogP contribution in [0.25, 0.3) is 0 Å². The summed E-state index contributed by atoms with van der Waals surface area (Å²) in [4.78, 5) is 12.7. The molecule has 0 heterocycles. The van der Waals surface area contributed by atoms with Gasteiger partial charge in [0.2, 0.25) is 0 Å². The molecule has 0 aliphatic heterocycles. The van der Waals surface area contributed by atoms with Gasteiger partial charge in [-0.25, -0.2) is 8.42 Å². The molecule has 3 rings (SSSR count). The Kier molecular flexibility index (Phi) is 7.90. The molecule has 0 aliphatic carbocycles. The molecular weight excluding hydrogens is 460 g/mol.